The molecule has 0 aliphatic carbocycles. The van der Waals surface area contributed by atoms with Crippen LogP contribution in [0.4, 0.5) is 0 Å². The number of carboxylic acid groups (broad SMARTS) is 1. The maximum atomic E-state index is 10.2. The van der Waals surface area contributed by atoms with Gasteiger partial charge in [0.15, 0.2) is 6.04 Å². The quantitative estimate of drug-likeness (QED) is 0.308. The van der Waals surface area contributed by atoms with Crippen molar-refractivity contribution in [3.05, 3.63) is 0 Å². The van der Waals surface area contributed by atoms with E-state index in [0.29, 0.717) is 6.92 Å². The second-order valence-corrected chi connectivity index (χ2v) is 3.40. The minimum absolute atomic E-state index is 0.694. The van der Waals surface area contributed by atoms with E-state index in [4.69, 9.17) is 20.5 Å². The van der Waals surface area contributed by atoms with Crippen LogP contribution < -0.4 is 5.73 Å². The first kappa shape index (κ1) is 12.3. The van der Waals surface area contributed by atoms with Gasteiger partial charge in [-0.3, -0.25) is 9.35 Å². The van der Waals surface area contributed by atoms with Gasteiger partial charge in [0.2, 0.25) is 5.79 Å². The van der Waals surface area contributed by atoms with Gasteiger partial charge in [0.1, 0.15) is 0 Å². The zero-order valence-electron chi connectivity index (χ0n) is 6.54. The van der Waals surface area contributed by atoms with Crippen molar-refractivity contribution in [2.45, 2.75) is 18.8 Å². The number of hydrogen-bond acceptors (Lipinski definition) is 6. The smallest absolute Gasteiger partial charge is 0.400 e. The van der Waals surface area contributed by atoms with Crippen LogP contribution in [-0.4, -0.2) is 41.0 Å². The summed E-state index contributed by atoms with van der Waals surface area (Å²) in [5.41, 5.74) is 4.85. The molecule has 0 fully saturated rings. The molecule has 0 amide bonds. The Morgan fingerprint density at radius 3 is 2.23 bits per heavy atom. The van der Waals surface area contributed by atoms with E-state index in [2.05, 4.69) is 4.18 Å². The molecule has 2 unspecified atom stereocenters. The number of carboxylic acids is 1. The van der Waals surface area contributed by atoms with Crippen molar-refractivity contribution in [1.82, 2.24) is 0 Å². The third-order valence-electron chi connectivity index (χ3n) is 1.12. The van der Waals surface area contributed by atoms with Crippen LogP contribution in [0.3, 0.4) is 0 Å². The van der Waals surface area contributed by atoms with E-state index in [1.807, 2.05) is 0 Å². The van der Waals surface area contributed by atoms with Gasteiger partial charge < -0.3 is 15.9 Å². The topological polar surface area (TPSA) is 147 Å². The molecule has 8 nitrogen and oxygen atoms in total. The normalized spacial score (nSPS) is 19.1. The van der Waals surface area contributed by atoms with Crippen molar-refractivity contribution in [2.75, 3.05) is 0 Å². The minimum atomic E-state index is -4.95. The van der Waals surface area contributed by atoms with E-state index in [1.165, 1.54) is 0 Å². The SMILES string of the molecule is CC(O)(OS(=O)(=O)O)C(N)C(=O)O. The molecule has 0 bridgehead atoms. The lowest BCUT2D eigenvalue weighted by Crippen LogP contribution is -2.53. The number of carbonyl (C=O) groups is 1. The molecule has 0 saturated carbocycles. The van der Waals surface area contributed by atoms with Crippen molar-refractivity contribution < 1.29 is 32.2 Å². The lowest BCUT2D eigenvalue weighted by Gasteiger charge is -2.24. The second-order valence-electron chi connectivity index (χ2n) is 2.38. The Morgan fingerprint density at radius 2 is 2.00 bits per heavy atom. The average molecular weight is 215 g/mol. The minimum Gasteiger partial charge on any atom is -0.480 e. The number of aliphatic hydroxyl groups is 1. The molecule has 0 aliphatic heterocycles. The van der Waals surface area contributed by atoms with Crippen LogP contribution in [0.5, 0.6) is 0 Å². The van der Waals surface area contributed by atoms with Gasteiger partial charge in [-0.1, -0.05) is 0 Å². The van der Waals surface area contributed by atoms with Crippen LogP contribution in [0.1, 0.15) is 6.92 Å². The van der Waals surface area contributed by atoms with Gasteiger partial charge in [0.05, 0.1) is 0 Å². The molecule has 0 rings (SSSR count). The molecule has 0 aromatic rings. The third-order valence-corrected chi connectivity index (χ3v) is 1.67. The second kappa shape index (κ2) is 3.55. The molecule has 0 spiro atoms. The van der Waals surface area contributed by atoms with Crippen LogP contribution in [-0.2, 0) is 19.4 Å². The predicted molar refractivity (Wildman–Crippen MR) is 38.9 cm³/mol. The summed E-state index contributed by atoms with van der Waals surface area (Å²) in [4.78, 5) is 10.2. The van der Waals surface area contributed by atoms with Crippen molar-refractivity contribution in [3.8, 4) is 0 Å². The summed E-state index contributed by atoms with van der Waals surface area (Å²) < 4.78 is 31.9. The van der Waals surface area contributed by atoms with E-state index in [9.17, 15) is 13.2 Å². The van der Waals surface area contributed by atoms with Gasteiger partial charge in [-0.2, -0.15) is 8.42 Å². The maximum absolute atomic E-state index is 10.2. The first-order valence-corrected chi connectivity index (χ1v) is 4.31. The molecule has 0 aromatic carbocycles. The van der Waals surface area contributed by atoms with E-state index >= 15 is 0 Å². The molecule has 0 heterocycles. The summed E-state index contributed by atoms with van der Waals surface area (Å²) >= 11 is 0. The number of hydrogen-bond donors (Lipinski definition) is 4. The Balaban J connectivity index is 4.68. The summed E-state index contributed by atoms with van der Waals surface area (Å²) in [7, 11) is -4.95. The van der Waals surface area contributed by atoms with E-state index in [-0.39, 0.29) is 0 Å². The summed E-state index contributed by atoms with van der Waals surface area (Å²) in [5, 5.41) is 17.3. The lowest BCUT2D eigenvalue weighted by atomic mass is 10.1. The summed E-state index contributed by atoms with van der Waals surface area (Å²) in [5.74, 6) is -4.37. The molecule has 0 aromatic heterocycles. The Hall–Kier alpha value is -0.740. The summed E-state index contributed by atoms with van der Waals surface area (Å²) in [6.07, 6.45) is 0. The number of aliphatic carboxylic acids is 1. The van der Waals surface area contributed by atoms with Gasteiger partial charge in [-0.15, -0.1) is 0 Å². The van der Waals surface area contributed by atoms with Crippen molar-refractivity contribution in [2.24, 2.45) is 5.73 Å². The van der Waals surface area contributed by atoms with Crippen LogP contribution in [0.2, 0.25) is 0 Å². The monoisotopic (exact) mass is 215 g/mol. The molecular weight excluding hydrogens is 206 g/mol. The summed E-state index contributed by atoms with van der Waals surface area (Å²) in [6, 6.07) is -1.99. The molecule has 2 atom stereocenters. The van der Waals surface area contributed by atoms with Crippen LogP contribution >= 0.6 is 0 Å². The highest BCUT2D eigenvalue weighted by Crippen LogP contribution is 2.12. The Labute approximate surface area is 73.9 Å². The molecule has 0 saturated heterocycles. The van der Waals surface area contributed by atoms with Gasteiger partial charge in [0.25, 0.3) is 0 Å². The summed E-state index contributed by atoms with van der Waals surface area (Å²) in [6.45, 7) is 0.694. The first-order valence-electron chi connectivity index (χ1n) is 2.95. The molecule has 13 heavy (non-hydrogen) atoms. The van der Waals surface area contributed by atoms with E-state index in [0.717, 1.165) is 0 Å². The van der Waals surface area contributed by atoms with Gasteiger partial charge >= 0.3 is 16.4 Å². The zero-order valence-corrected chi connectivity index (χ0v) is 7.35. The molecule has 78 valence electrons. The standard InChI is InChI=1S/C4H9NO7S/c1-4(8,2(5)3(6)7)12-13(9,10)11/h2,8H,5H2,1H3,(H,6,7)(H,9,10,11). The fraction of sp³-hybridized carbons (Fsp3) is 0.750. The number of nitrogens with two attached hydrogens (primary N) is 1. The van der Waals surface area contributed by atoms with Crippen LogP contribution in [0.25, 0.3) is 0 Å². The van der Waals surface area contributed by atoms with Gasteiger partial charge in [-0.25, -0.2) is 4.18 Å². The highest BCUT2D eigenvalue weighted by atomic mass is 32.3. The molecule has 9 heteroatoms. The van der Waals surface area contributed by atoms with Crippen LogP contribution in [0.15, 0.2) is 0 Å². The molecule has 0 radical (unpaired) electrons. The first-order chi connectivity index (χ1) is 5.56. The predicted octanol–water partition coefficient (Wildman–Crippen LogP) is -2.07. The zero-order chi connectivity index (χ0) is 10.9. The number of rotatable bonds is 4. The molecule has 0 aliphatic rings. The van der Waals surface area contributed by atoms with Gasteiger partial charge in [-0.05, 0) is 6.92 Å². The van der Waals surface area contributed by atoms with Crippen molar-refractivity contribution in [3.63, 3.8) is 0 Å². The van der Waals surface area contributed by atoms with Crippen molar-refractivity contribution in [1.29, 1.82) is 0 Å². The lowest BCUT2D eigenvalue weighted by molar-refractivity contribution is -0.169. The largest absolute Gasteiger partial charge is 0.480 e. The van der Waals surface area contributed by atoms with E-state index < -0.39 is 28.2 Å². The molecule has 5 N–H and O–H groups in total. The Bertz CT molecular complexity index is 294. The van der Waals surface area contributed by atoms with E-state index in [1.54, 1.807) is 0 Å². The van der Waals surface area contributed by atoms with Gasteiger partial charge in [0, 0.05) is 0 Å². The Kier molecular flexibility index (Phi) is 3.35. The maximum Gasteiger partial charge on any atom is 0.400 e. The third kappa shape index (κ3) is 4.15. The van der Waals surface area contributed by atoms with Crippen LogP contribution in [0, 0.1) is 0 Å². The highest BCUT2D eigenvalue weighted by Gasteiger charge is 2.39. The fourth-order valence-corrected chi connectivity index (χ4v) is 1.02. The Morgan fingerprint density at radius 1 is 1.62 bits per heavy atom. The van der Waals surface area contributed by atoms with Crippen molar-refractivity contribution >= 4 is 16.4 Å². The fourth-order valence-electron chi connectivity index (χ4n) is 0.494. The highest BCUT2D eigenvalue weighted by molar-refractivity contribution is 7.80. The molecular formula is C4H9NO7S. The average Bonchev–Trinajstić information content (AvgIpc) is 1.80.